The summed E-state index contributed by atoms with van der Waals surface area (Å²) in [5, 5.41) is 0. The van der Waals surface area contributed by atoms with Crippen LogP contribution in [0.5, 0.6) is 0 Å². The van der Waals surface area contributed by atoms with Crippen molar-refractivity contribution in [3.63, 3.8) is 0 Å². The summed E-state index contributed by atoms with van der Waals surface area (Å²) in [7, 11) is 0. The van der Waals surface area contributed by atoms with Crippen LogP contribution in [0.2, 0.25) is 0 Å². The quantitative estimate of drug-likeness (QED) is 0.367. The van der Waals surface area contributed by atoms with Crippen molar-refractivity contribution in [1.29, 1.82) is 0 Å². The highest BCUT2D eigenvalue weighted by Gasteiger charge is 2.56. The summed E-state index contributed by atoms with van der Waals surface area (Å²) in [5.41, 5.74) is 7.45. The zero-order chi connectivity index (χ0) is 24.8. The zero-order valence-electron chi connectivity index (χ0n) is 22.5. The normalized spacial score (nSPS) is 32.9. The molecule has 0 amide bonds. The highest BCUT2D eigenvalue weighted by Crippen LogP contribution is 2.63. The van der Waals surface area contributed by atoms with Gasteiger partial charge in [-0.15, -0.1) is 0 Å². The van der Waals surface area contributed by atoms with Gasteiger partial charge in [-0.05, 0) is 85.1 Å². The van der Waals surface area contributed by atoms with E-state index in [1.54, 1.807) is 11.1 Å². The predicted octanol–water partition coefficient (Wildman–Crippen LogP) is 7.84. The minimum atomic E-state index is -0.479. The average molecular weight is 489 g/mol. The summed E-state index contributed by atoms with van der Waals surface area (Å²) in [6, 6.07) is 9.53. The van der Waals surface area contributed by atoms with E-state index < -0.39 is 5.79 Å². The van der Waals surface area contributed by atoms with Crippen molar-refractivity contribution >= 4 is 5.78 Å². The maximum absolute atomic E-state index is 13.2. The molecule has 1 aromatic carbocycles. The minimum Gasteiger partial charge on any atom is -0.344 e. The Balaban J connectivity index is 1.32. The Morgan fingerprint density at radius 2 is 1.72 bits per heavy atom. The van der Waals surface area contributed by atoms with Crippen molar-refractivity contribution in [2.75, 3.05) is 13.2 Å². The van der Waals surface area contributed by atoms with Gasteiger partial charge in [-0.1, -0.05) is 69.4 Å². The first-order chi connectivity index (χ1) is 17.5. The second kappa shape index (κ2) is 9.87. The first kappa shape index (κ1) is 24.6. The van der Waals surface area contributed by atoms with Crippen molar-refractivity contribution in [1.82, 2.24) is 0 Å². The molecule has 6 rings (SSSR count). The van der Waals surface area contributed by atoms with Gasteiger partial charge in [0.1, 0.15) is 5.78 Å². The van der Waals surface area contributed by atoms with E-state index in [-0.39, 0.29) is 5.41 Å². The van der Waals surface area contributed by atoms with Gasteiger partial charge in [-0.25, -0.2) is 0 Å². The molecule has 3 nitrogen and oxygen atoms in total. The summed E-state index contributed by atoms with van der Waals surface area (Å²) in [6.45, 7) is 5.98. The average Bonchev–Trinajstić information content (AvgIpc) is 3.47. The molecule has 36 heavy (non-hydrogen) atoms. The fraction of sp³-hybridized carbons (Fsp3) is 0.667. The number of ketones is 1. The number of unbranched alkanes of at least 4 members (excludes halogenated alkanes) is 4. The van der Waals surface area contributed by atoms with Gasteiger partial charge in [-0.3, -0.25) is 4.79 Å². The molecule has 3 unspecified atom stereocenters. The number of carbonyl (C=O) groups is 1. The molecule has 0 N–H and O–H groups in total. The molecule has 4 atom stereocenters. The molecule has 0 aromatic heterocycles. The molecule has 2 saturated carbocycles. The van der Waals surface area contributed by atoms with Crippen molar-refractivity contribution in [2.24, 2.45) is 17.3 Å². The van der Waals surface area contributed by atoms with Crippen LogP contribution in [0, 0.1) is 17.3 Å². The van der Waals surface area contributed by atoms with Crippen LogP contribution in [0.25, 0.3) is 0 Å². The van der Waals surface area contributed by atoms with E-state index in [4.69, 9.17) is 9.47 Å². The lowest BCUT2D eigenvalue weighted by Crippen LogP contribution is -2.44. The lowest BCUT2D eigenvalue weighted by molar-refractivity contribution is -0.128. The fourth-order valence-corrected chi connectivity index (χ4v) is 8.40. The maximum Gasteiger partial charge on any atom is 0.188 e. The van der Waals surface area contributed by atoms with E-state index in [1.807, 2.05) is 0 Å². The van der Waals surface area contributed by atoms with E-state index in [2.05, 4.69) is 44.2 Å². The van der Waals surface area contributed by atoms with Gasteiger partial charge in [0.25, 0.3) is 0 Å². The Morgan fingerprint density at radius 3 is 2.50 bits per heavy atom. The molecule has 3 fully saturated rings. The summed E-state index contributed by atoms with van der Waals surface area (Å²) in [6.07, 6.45) is 17.2. The molecule has 1 aromatic rings. The number of Topliss-reactive ketones (excluding diaryl/α,β-unsaturated/α-hetero) is 1. The van der Waals surface area contributed by atoms with Crippen LogP contribution in [-0.2, 0) is 20.7 Å². The second-order valence-corrected chi connectivity index (χ2v) is 12.4. The van der Waals surface area contributed by atoms with E-state index in [0.29, 0.717) is 36.8 Å². The Hall–Kier alpha value is -1.71. The SMILES string of the molecule is CCCCCCCc1ccc(C2C[C@]3(C)C(=O)CCC3C3CCC4=CC5(CCC4=C23)OCCO5)cc1. The van der Waals surface area contributed by atoms with Crippen molar-refractivity contribution in [3.8, 4) is 0 Å². The summed E-state index contributed by atoms with van der Waals surface area (Å²) >= 11 is 0. The van der Waals surface area contributed by atoms with Crippen LogP contribution in [0.1, 0.15) is 108 Å². The van der Waals surface area contributed by atoms with E-state index in [9.17, 15) is 4.79 Å². The van der Waals surface area contributed by atoms with Gasteiger partial charge >= 0.3 is 0 Å². The number of hydrogen-bond acceptors (Lipinski definition) is 3. The number of hydrogen-bond donors (Lipinski definition) is 0. The van der Waals surface area contributed by atoms with Crippen molar-refractivity contribution < 1.29 is 14.3 Å². The van der Waals surface area contributed by atoms with Gasteiger partial charge in [0.2, 0.25) is 0 Å². The largest absolute Gasteiger partial charge is 0.344 e. The van der Waals surface area contributed by atoms with Crippen LogP contribution < -0.4 is 0 Å². The molecule has 1 aliphatic heterocycles. The van der Waals surface area contributed by atoms with Gasteiger partial charge in [-0.2, -0.15) is 0 Å². The third-order valence-electron chi connectivity index (χ3n) is 10.3. The third kappa shape index (κ3) is 4.25. The standard InChI is InChI=1S/C33H44O3/c1-3-4-5-6-7-8-23-9-11-24(12-10-23)28-22-32(2)29(15-16-30(32)34)27-14-13-25-21-33(35-19-20-36-33)18-17-26(25)31(27)28/h9-12,21,27-29H,3-8,13-20,22H2,1-2H3/t27?,28?,29?,32-/m0/s1. The van der Waals surface area contributed by atoms with Crippen LogP contribution in [-0.4, -0.2) is 24.8 Å². The predicted molar refractivity (Wildman–Crippen MR) is 144 cm³/mol. The zero-order valence-corrected chi connectivity index (χ0v) is 22.5. The fourth-order valence-electron chi connectivity index (χ4n) is 8.40. The maximum atomic E-state index is 13.2. The van der Waals surface area contributed by atoms with Crippen LogP contribution in [0.15, 0.2) is 47.1 Å². The number of fused-ring (bicyclic) bond motifs is 4. The molecule has 1 spiro atoms. The van der Waals surface area contributed by atoms with Crippen LogP contribution in [0.4, 0.5) is 0 Å². The highest BCUT2D eigenvalue weighted by molar-refractivity contribution is 5.87. The number of rotatable bonds is 7. The highest BCUT2D eigenvalue weighted by atomic mass is 16.7. The Kier molecular flexibility index (Phi) is 6.75. The van der Waals surface area contributed by atoms with Crippen LogP contribution in [0.3, 0.4) is 0 Å². The molecule has 5 aliphatic rings. The molecule has 1 saturated heterocycles. The molecular formula is C33H44O3. The van der Waals surface area contributed by atoms with Gasteiger partial charge in [0.05, 0.1) is 13.2 Å². The lowest BCUT2D eigenvalue weighted by Gasteiger charge is -2.51. The van der Waals surface area contributed by atoms with Crippen molar-refractivity contribution in [2.45, 2.75) is 109 Å². The number of benzene rings is 1. The van der Waals surface area contributed by atoms with Crippen LogP contribution >= 0.6 is 0 Å². The molecule has 0 bridgehead atoms. The number of aryl methyl sites for hydroxylation is 1. The molecule has 0 radical (unpaired) electrons. The monoisotopic (exact) mass is 488 g/mol. The number of carbonyl (C=O) groups excluding carboxylic acids is 1. The lowest BCUT2D eigenvalue weighted by atomic mass is 9.53. The smallest absolute Gasteiger partial charge is 0.188 e. The molecular weight excluding hydrogens is 444 g/mol. The topological polar surface area (TPSA) is 35.5 Å². The summed E-state index contributed by atoms with van der Waals surface area (Å²) < 4.78 is 12.2. The number of ether oxygens (including phenoxy) is 2. The van der Waals surface area contributed by atoms with Crippen molar-refractivity contribution in [3.05, 3.63) is 58.2 Å². The Morgan fingerprint density at radius 1 is 0.944 bits per heavy atom. The molecule has 1 heterocycles. The Labute approximate surface area is 217 Å². The molecule has 4 aliphatic carbocycles. The Bertz CT molecular complexity index is 1040. The summed E-state index contributed by atoms with van der Waals surface area (Å²) in [5.74, 6) is 1.46. The molecule has 3 heteroatoms. The molecule has 194 valence electrons. The minimum absolute atomic E-state index is 0.161. The second-order valence-electron chi connectivity index (χ2n) is 12.4. The third-order valence-corrected chi connectivity index (χ3v) is 10.3. The van der Waals surface area contributed by atoms with E-state index >= 15 is 0 Å². The van der Waals surface area contributed by atoms with E-state index in [0.717, 1.165) is 38.5 Å². The van der Waals surface area contributed by atoms with E-state index in [1.165, 1.54) is 61.6 Å². The first-order valence-corrected chi connectivity index (χ1v) is 14.9. The van der Waals surface area contributed by atoms with Gasteiger partial charge < -0.3 is 9.47 Å². The summed E-state index contributed by atoms with van der Waals surface area (Å²) in [4.78, 5) is 13.2. The number of allylic oxidation sites excluding steroid dienone is 3. The van der Waals surface area contributed by atoms with Gasteiger partial charge in [0.15, 0.2) is 5.79 Å². The van der Waals surface area contributed by atoms with Gasteiger partial charge in [0, 0.05) is 24.2 Å². The first-order valence-electron chi connectivity index (χ1n) is 14.9.